The summed E-state index contributed by atoms with van der Waals surface area (Å²) in [6.45, 7) is 7.95. The van der Waals surface area contributed by atoms with Crippen LogP contribution in [-0.2, 0) is 11.3 Å². The number of nitrogens with one attached hydrogen (secondary N) is 1. The number of halogens is 1. The lowest BCUT2D eigenvalue weighted by Crippen LogP contribution is -2.27. The van der Waals surface area contributed by atoms with Crippen molar-refractivity contribution in [3.63, 3.8) is 0 Å². The number of anilines is 1. The summed E-state index contributed by atoms with van der Waals surface area (Å²) in [5.41, 5.74) is 1.68. The molecule has 0 saturated carbocycles. The molecular formula is C15H23FN2O. The quantitative estimate of drug-likeness (QED) is 0.906. The third-order valence-electron chi connectivity index (χ3n) is 3.29. The molecule has 0 aromatic heterocycles. The molecule has 19 heavy (non-hydrogen) atoms. The van der Waals surface area contributed by atoms with Crippen molar-refractivity contribution in [1.82, 2.24) is 5.32 Å². The Morgan fingerprint density at radius 3 is 2.89 bits per heavy atom. The second-order valence-corrected chi connectivity index (χ2v) is 5.27. The summed E-state index contributed by atoms with van der Waals surface area (Å²) < 4.78 is 19.6. The largest absolute Gasteiger partial charge is 0.380 e. The van der Waals surface area contributed by atoms with Gasteiger partial charge in [0.15, 0.2) is 0 Å². The van der Waals surface area contributed by atoms with Gasteiger partial charge in [0.1, 0.15) is 5.82 Å². The van der Waals surface area contributed by atoms with Crippen LogP contribution in [0, 0.1) is 5.82 Å². The molecule has 0 radical (unpaired) electrons. The van der Waals surface area contributed by atoms with Crippen molar-refractivity contribution >= 4 is 5.69 Å². The summed E-state index contributed by atoms with van der Waals surface area (Å²) in [7, 11) is 0. The maximum absolute atomic E-state index is 14.2. The van der Waals surface area contributed by atoms with Gasteiger partial charge in [-0.05, 0) is 24.1 Å². The van der Waals surface area contributed by atoms with E-state index < -0.39 is 0 Å². The van der Waals surface area contributed by atoms with Crippen molar-refractivity contribution in [2.75, 3.05) is 31.2 Å². The number of nitrogens with zero attached hydrogens (tertiary/aromatic N) is 1. The molecule has 1 fully saturated rings. The molecule has 0 aliphatic carbocycles. The van der Waals surface area contributed by atoms with Gasteiger partial charge in [0.05, 0.1) is 12.3 Å². The minimum Gasteiger partial charge on any atom is -0.380 e. The third-order valence-corrected chi connectivity index (χ3v) is 3.29. The van der Waals surface area contributed by atoms with Gasteiger partial charge in [0.2, 0.25) is 0 Å². The van der Waals surface area contributed by atoms with Gasteiger partial charge >= 0.3 is 0 Å². The van der Waals surface area contributed by atoms with Gasteiger partial charge in [-0.3, -0.25) is 0 Å². The topological polar surface area (TPSA) is 24.5 Å². The Bertz CT molecular complexity index is 401. The van der Waals surface area contributed by atoms with Crippen LogP contribution in [-0.4, -0.2) is 32.3 Å². The van der Waals surface area contributed by atoms with Crippen LogP contribution >= 0.6 is 0 Å². The molecule has 1 saturated heterocycles. The smallest absolute Gasteiger partial charge is 0.146 e. The molecule has 1 aliphatic heterocycles. The van der Waals surface area contributed by atoms with Crippen LogP contribution < -0.4 is 10.2 Å². The second-order valence-electron chi connectivity index (χ2n) is 5.27. The van der Waals surface area contributed by atoms with E-state index in [0.717, 1.165) is 31.7 Å². The summed E-state index contributed by atoms with van der Waals surface area (Å²) in [6.07, 6.45) is 0.954. The van der Waals surface area contributed by atoms with E-state index in [9.17, 15) is 4.39 Å². The highest BCUT2D eigenvalue weighted by Gasteiger charge is 2.14. The highest BCUT2D eigenvalue weighted by Crippen LogP contribution is 2.21. The van der Waals surface area contributed by atoms with E-state index in [1.807, 2.05) is 12.1 Å². The Balaban J connectivity index is 2.05. The first-order valence-electron chi connectivity index (χ1n) is 7.01. The molecule has 1 aromatic rings. The molecule has 0 atom stereocenters. The molecule has 0 bridgehead atoms. The van der Waals surface area contributed by atoms with E-state index in [2.05, 4.69) is 24.1 Å². The molecule has 0 amide bonds. The molecule has 106 valence electrons. The van der Waals surface area contributed by atoms with Gasteiger partial charge in [0.25, 0.3) is 0 Å². The van der Waals surface area contributed by atoms with E-state index >= 15 is 0 Å². The number of rotatable bonds is 4. The zero-order valence-corrected chi connectivity index (χ0v) is 11.8. The van der Waals surface area contributed by atoms with E-state index in [4.69, 9.17) is 4.74 Å². The van der Waals surface area contributed by atoms with Crippen molar-refractivity contribution in [2.45, 2.75) is 32.9 Å². The van der Waals surface area contributed by atoms with Crippen LogP contribution in [0.5, 0.6) is 0 Å². The second kappa shape index (κ2) is 6.87. The van der Waals surface area contributed by atoms with E-state index in [1.54, 1.807) is 6.07 Å². The predicted octanol–water partition coefficient (Wildman–Crippen LogP) is 2.55. The lowest BCUT2D eigenvalue weighted by molar-refractivity contribution is 0.152. The maximum atomic E-state index is 14.2. The van der Waals surface area contributed by atoms with Crippen LogP contribution in [0.1, 0.15) is 25.8 Å². The zero-order valence-electron chi connectivity index (χ0n) is 11.8. The van der Waals surface area contributed by atoms with Gasteiger partial charge in [-0.2, -0.15) is 0 Å². The maximum Gasteiger partial charge on any atom is 0.146 e. The van der Waals surface area contributed by atoms with E-state index in [1.165, 1.54) is 0 Å². The van der Waals surface area contributed by atoms with E-state index in [0.29, 0.717) is 24.9 Å². The Labute approximate surface area is 114 Å². The number of ether oxygens (including phenoxy) is 1. The fourth-order valence-corrected chi connectivity index (χ4v) is 2.23. The number of hydrogen-bond acceptors (Lipinski definition) is 3. The number of hydrogen-bond donors (Lipinski definition) is 1. The summed E-state index contributed by atoms with van der Waals surface area (Å²) in [5, 5.41) is 3.30. The monoisotopic (exact) mass is 266 g/mol. The summed E-state index contributed by atoms with van der Waals surface area (Å²) in [6, 6.07) is 5.93. The minimum absolute atomic E-state index is 0.134. The van der Waals surface area contributed by atoms with Gasteiger partial charge in [0, 0.05) is 32.3 Å². The first-order valence-corrected chi connectivity index (χ1v) is 7.01. The van der Waals surface area contributed by atoms with Gasteiger partial charge in [-0.25, -0.2) is 4.39 Å². The highest BCUT2D eigenvalue weighted by molar-refractivity contribution is 5.49. The predicted molar refractivity (Wildman–Crippen MR) is 76.0 cm³/mol. The molecule has 0 spiro atoms. The van der Waals surface area contributed by atoms with Crippen molar-refractivity contribution in [3.05, 3.63) is 29.6 Å². The van der Waals surface area contributed by atoms with Crippen LogP contribution in [0.4, 0.5) is 10.1 Å². The molecule has 1 N–H and O–H groups in total. The summed E-state index contributed by atoms with van der Waals surface area (Å²) in [5.74, 6) is -0.134. The van der Waals surface area contributed by atoms with Gasteiger partial charge < -0.3 is 15.0 Å². The summed E-state index contributed by atoms with van der Waals surface area (Å²) in [4.78, 5) is 2.07. The fourth-order valence-electron chi connectivity index (χ4n) is 2.23. The zero-order chi connectivity index (χ0) is 13.7. The van der Waals surface area contributed by atoms with Crippen LogP contribution in [0.25, 0.3) is 0 Å². The summed E-state index contributed by atoms with van der Waals surface area (Å²) >= 11 is 0. The third kappa shape index (κ3) is 4.18. The first-order chi connectivity index (χ1) is 9.16. The van der Waals surface area contributed by atoms with Crippen molar-refractivity contribution in [3.8, 4) is 0 Å². The Morgan fingerprint density at radius 1 is 1.32 bits per heavy atom. The van der Waals surface area contributed by atoms with Crippen LogP contribution in [0.15, 0.2) is 18.2 Å². The average molecular weight is 266 g/mol. The highest BCUT2D eigenvalue weighted by atomic mass is 19.1. The molecule has 0 unspecified atom stereocenters. The first kappa shape index (κ1) is 14.3. The van der Waals surface area contributed by atoms with Gasteiger partial charge in [-0.15, -0.1) is 0 Å². The molecule has 2 rings (SSSR count). The molecule has 3 nitrogen and oxygen atoms in total. The molecule has 4 heteroatoms. The molecule has 1 heterocycles. The molecule has 1 aromatic carbocycles. The fraction of sp³-hybridized carbons (Fsp3) is 0.600. The lowest BCUT2D eigenvalue weighted by Gasteiger charge is -2.23. The van der Waals surface area contributed by atoms with Crippen molar-refractivity contribution < 1.29 is 9.13 Å². The standard InChI is InChI=1S/C15H23FN2O/c1-12(2)17-11-13-4-5-15(14(16)10-13)18-6-3-8-19-9-7-18/h4-5,10,12,17H,3,6-9,11H2,1-2H3. The number of benzene rings is 1. The van der Waals surface area contributed by atoms with E-state index in [-0.39, 0.29) is 5.82 Å². The lowest BCUT2D eigenvalue weighted by atomic mass is 10.1. The molecular weight excluding hydrogens is 243 g/mol. The van der Waals surface area contributed by atoms with Crippen LogP contribution in [0.3, 0.4) is 0 Å². The Kier molecular flexibility index (Phi) is 5.16. The minimum atomic E-state index is -0.134. The Hall–Kier alpha value is -1.13. The average Bonchev–Trinajstić information content (AvgIpc) is 2.65. The Morgan fingerprint density at radius 2 is 2.16 bits per heavy atom. The molecule has 1 aliphatic rings. The van der Waals surface area contributed by atoms with Gasteiger partial charge in [-0.1, -0.05) is 19.9 Å². The van der Waals surface area contributed by atoms with Crippen molar-refractivity contribution in [2.24, 2.45) is 0 Å². The normalized spacial score (nSPS) is 16.7. The SMILES string of the molecule is CC(C)NCc1ccc(N2CCCOCC2)c(F)c1. The van der Waals surface area contributed by atoms with Crippen molar-refractivity contribution in [1.29, 1.82) is 0 Å². The van der Waals surface area contributed by atoms with Crippen LogP contribution in [0.2, 0.25) is 0 Å².